The van der Waals surface area contributed by atoms with Crippen molar-refractivity contribution in [3.8, 4) is 11.5 Å². The molecule has 29 heavy (non-hydrogen) atoms. The van der Waals surface area contributed by atoms with Crippen molar-refractivity contribution < 1.29 is 14.6 Å². The second-order valence-electron chi connectivity index (χ2n) is 6.41. The van der Waals surface area contributed by atoms with Crippen LogP contribution < -0.4 is 20.7 Å². The highest BCUT2D eigenvalue weighted by molar-refractivity contribution is 7.80. The number of rotatable bonds is 5. The second-order valence-corrected chi connectivity index (χ2v) is 8.60. The summed E-state index contributed by atoms with van der Waals surface area (Å²) in [5, 5.41) is 12.8. The van der Waals surface area contributed by atoms with E-state index in [9.17, 15) is 9.90 Å². The molecule has 0 aliphatic heterocycles. The molecule has 0 aromatic heterocycles. The zero-order valence-corrected chi connectivity index (χ0v) is 16.5. The van der Waals surface area contributed by atoms with E-state index in [1.807, 2.05) is 60.7 Å². The van der Waals surface area contributed by atoms with Gasteiger partial charge in [-0.2, -0.15) is 0 Å². The second kappa shape index (κ2) is 8.72. The Morgan fingerprint density at radius 1 is 0.655 bits per heavy atom. The Bertz CT molecular complexity index is 1050. The molecule has 4 aromatic rings. The molecule has 4 heteroatoms. The van der Waals surface area contributed by atoms with Gasteiger partial charge in [0.1, 0.15) is 11.5 Å². The van der Waals surface area contributed by atoms with Crippen LogP contribution in [0.25, 0.3) is 0 Å². The Labute approximate surface area is 171 Å². The minimum Gasteiger partial charge on any atom is -0.508 e. The van der Waals surface area contributed by atoms with Crippen LogP contribution in [0.1, 0.15) is 10.4 Å². The molecule has 0 aliphatic rings. The highest BCUT2D eigenvalue weighted by Crippen LogP contribution is 2.36. The lowest BCUT2D eigenvalue weighted by Gasteiger charge is -2.21. The summed E-state index contributed by atoms with van der Waals surface area (Å²) >= 11 is 0. The Morgan fingerprint density at radius 3 is 1.76 bits per heavy atom. The zero-order valence-electron chi connectivity index (χ0n) is 15.6. The molecule has 3 nitrogen and oxygen atoms in total. The third-order valence-electron chi connectivity index (χ3n) is 4.44. The van der Waals surface area contributed by atoms with E-state index >= 15 is 0 Å². The van der Waals surface area contributed by atoms with Crippen molar-refractivity contribution in [3.63, 3.8) is 0 Å². The van der Waals surface area contributed by atoms with Crippen LogP contribution in [0.2, 0.25) is 0 Å². The highest BCUT2D eigenvalue weighted by Gasteiger charge is 2.21. The molecule has 1 N–H and O–H groups in total. The summed E-state index contributed by atoms with van der Waals surface area (Å²) in [6, 6.07) is 34.3. The van der Waals surface area contributed by atoms with E-state index in [4.69, 9.17) is 4.74 Å². The maximum Gasteiger partial charge on any atom is 0.343 e. The smallest absolute Gasteiger partial charge is 0.343 e. The summed E-state index contributed by atoms with van der Waals surface area (Å²) in [5.41, 5.74) is 0.390. The van der Waals surface area contributed by atoms with E-state index in [0.717, 1.165) is 5.30 Å². The van der Waals surface area contributed by atoms with E-state index in [0.29, 0.717) is 11.3 Å². The fraction of sp³-hybridized carbons (Fsp3) is 0. The molecular weight excluding hydrogens is 379 g/mol. The minimum atomic E-state index is -0.889. The topological polar surface area (TPSA) is 46.5 Å². The zero-order chi connectivity index (χ0) is 20.1. The summed E-state index contributed by atoms with van der Waals surface area (Å²) in [7, 11) is -0.889. The Kier molecular flexibility index (Phi) is 5.69. The highest BCUT2D eigenvalue weighted by atomic mass is 31.1. The van der Waals surface area contributed by atoms with Crippen LogP contribution in [0.4, 0.5) is 0 Å². The summed E-state index contributed by atoms with van der Waals surface area (Å²) in [6.45, 7) is 0. The molecule has 0 saturated carbocycles. The first-order chi connectivity index (χ1) is 14.2. The number of para-hydroxylation sites is 1. The van der Waals surface area contributed by atoms with Gasteiger partial charge >= 0.3 is 5.97 Å². The quantitative estimate of drug-likeness (QED) is 0.309. The van der Waals surface area contributed by atoms with Gasteiger partial charge in [-0.25, -0.2) is 4.79 Å². The first-order valence-corrected chi connectivity index (χ1v) is 10.6. The Morgan fingerprint density at radius 2 is 1.17 bits per heavy atom. The summed E-state index contributed by atoms with van der Waals surface area (Å²) in [5.74, 6) is 0.205. The van der Waals surface area contributed by atoms with Gasteiger partial charge in [0.2, 0.25) is 0 Å². The lowest BCUT2D eigenvalue weighted by atomic mass is 10.2. The minimum absolute atomic E-state index is 0.110. The van der Waals surface area contributed by atoms with Gasteiger partial charge in [-0.15, -0.1) is 0 Å². The maximum absolute atomic E-state index is 12.7. The molecular formula is C25H19O3P. The fourth-order valence-electron chi connectivity index (χ4n) is 3.07. The van der Waals surface area contributed by atoms with Crippen molar-refractivity contribution in [2.75, 3.05) is 0 Å². The number of phenols is 1. The van der Waals surface area contributed by atoms with Gasteiger partial charge in [0.15, 0.2) is 0 Å². The number of aromatic hydroxyl groups is 1. The number of phenolic OH excluding ortho intramolecular Hbond substituents is 1. The normalized spacial score (nSPS) is 10.7. The van der Waals surface area contributed by atoms with Crippen LogP contribution in [0.3, 0.4) is 0 Å². The monoisotopic (exact) mass is 398 g/mol. The first kappa shape index (κ1) is 18.9. The van der Waals surface area contributed by atoms with Gasteiger partial charge in [-0.3, -0.25) is 0 Å². The maximum atomic E-state index is 12.7. The van der Waals surface area contributed by atoms with Crippen LogP contribution >= 0.6 is 7.92 Å². The van der Waals surface area contributed by atoms with E-state index in [1.54, 1.807) is 12.1 Å². The van der Waals surface area contributed by atoms with E-state index in [1.165, 1.54) is 22.7 Å². The lowest BCUT2D eigenvalue weighted by Crippen LogP contribution is -2.23. The third kappa shape index (κ3) is 4.37. The van der Waals surface area contributed by atoms with Gasteiger partial charge < -0.3 is 9.84 Å². The summed E-state index contributed by atoms with van der Waals surface area (Å²) in [4.78, 5) is 12.7. The average Bonchev–Trinajstić information content (AvgIpc) is 2.77. The van der Waals surface area contributed by atoms with Crippen molar-refractivity contribution in [1.82, 2.24) is 0 Å². The van der Waals surface area contributed by atoms with Gasteiger partial charge in [0, 0.05) is 5.30 Å². The van der Waals surface area contributed by atoms with Crippen molar-refractivity contribution in [2.24, 2.45) is 0 Å². The van der Waals surface area contributed by atoms with Gasteiger partial charge in [-0.05, 0) is 48.9 Å². The number of benzene rings is 4. The van der Waals surface area contributed by atoms with Crippen molar-refractivity contribution >= 4 is 29.8 Å². The molecule has 0 radical (unpaired) electrons. The van der Waals surface area contributed by atoms with Crippen LogP contribution in [0, 0.1) is 0 Å². The summed E-state index contributed by atoms with van der Waals surface area (Å²) < 4.78 is 5.79. The molecule has 0 unspecified atom stereocenters. The molecule has 0 spiro atoms. The van der Waals surface area contributed by atoms with E-state index < -0.39 is 13.9 Å². The van der Waals surface area contributed by atoms with Gasteiger partial charge in [-0.1, -0.05) is 78.9 Å². The molecule has 142 valence electrons. The van der Waals surface area contributed by atoms with Crippen molar-refractivity contribution in [2.45, 2.75) is 0 Å². The predicted octanol–water partition coefficient (Wildman–Crippen LogP) is 4.37. The van der Waals surface area contributed by atoms with Gasteiger partial charge in [0.05, 0.1) is 5.56 Å². The van der Waals surface area contributed by atoms with Gasteiger partial charge in [0.25, 0.3) is 0 Å². The van der Waals surface area contributed by atoms with Crippen LogP contribution in [0.15, 0.2) is 109 Å². The van der Waals surface area contributed by atoms with E-state index in [2.05, 4.69) is 24.3 Å². The number of hydrogen-bond donors (Lipinski definition) is 1. The number of ether oxygens (including phenoxy) is 1. The van der Waals surface area contributed by atoms with Crippen LogP contribution in [-0.2, 0) is 0 Å². The van der Waals surface area contributed by atoms with Crippen LogP contribution in [0.5, 0.6) is 11.5 Å². The number of carbonyl (C=O) groups is 1. The molecule has 0 amide bonds. The molecule has 0 saturated heterocycles. The standard InChI is InChI=1S/C25H19O3P/c26-20-17-15-19(16-18-20)25(27)28-23-13-7-8-14-24(23)29(21-9-3-1-4-10-21)22-11-5-2-6-12-22/h1-18,26H. The molecule has 0 fully saturated rings. The van der Waals surface area contributed by atoms with Crippen molar-refractivity contribution in [1.29, 1.82) is 0 Å². The summed E-state index contributed by atoms with van der Waals surface area (Å²) in [6.07, 6.45) is 0. The van der Waals surface area contributed by atoms with Crippen LogP contribution in [-0.4, -0.2) is 11.1 Å². The number of carbonyl (C=O) groups excluding carboxylic acids is 1. The van der Waals surface area contributed by atoms with E-state index in [-0.39, 0.29) is 5.75 Å². The molecule has 0 atom stereocenters. The number of hydrogen-bond acceptors (Lipinski definition) is 3. The number of esters is 1. The third-order valence-corrected chi connectivity index (χ3v) is 6.92. The fourth-order valence-corrected chi connectivity index (χ4v) is 5.44. The molecule has 0 bridgehead atoms. The molecule has 4 aromatic carbocycles. The van der Waals surface area contributed by atoms with Crippen molar-refractivity contribution in [3.05, 3.63) is 115 Å². The lowest BCUT2D eigenvalue weighted by molar-refractivity contribution is 0.0736. The SMILES string of the molecule is O=C(Oc1ccccc1P(c1ccccc1)c1ccccc1)c1ccc(O)cc1. The predicted molar refractivity (Wildman–Crippen MR) is 118 cm³/mol. The largest absolute Gasteiger partial charge is 0.508 e. The molecule has 4 rings (SSSR count). The average molecular weight is 398 g/mol. The molecule has 0 aliphatic carbocycles. The Balaban J connectivity index is 1.75. The molecule has 0 heterocycles. The Hall–Kier alpha value is -3.42. The first-order valence-electron chi connectivity index (χ1n) is 9.23.